The molecule has 1 aliphatic heterocycles. The van der Waals surface area contributed by atoms with Gasteiger partial charge in [0, 0.05) is 42.4 Å². The van der Waals surface area contributed by atoms with Crippen molar-refractivity contribution in [2.45, 2.75) is 6.42 Å². The largest absolute Gasteiger partial charge is 0.490 e. The Balaban J connectivity index is 1.76. The molecular weight excluding hydrogens is 368 g/mol. The number of benzene rings is 2. The quantitative estimate of drug-likeness (QED) is 0.608. The Hall–Kier alpha value is -3.25. The van der Waals surface area contributed by atoms with E-state index in [1.165, 1.54) is 6.08 Å². The lowest BCUT2D eigenvalue weighted by molar-refractivity contribution is -0.113. The van der Waals surface area contributed by atoms with Crippen LogP contribution in [-0.2, 0) is 14.3 Å². The Morgan fingerprint density at radius 1 is 1.14 bits per heavy atom. The van der Waals surface area contributed by atoms with Crippen LogP contribution in [-0.4, -0.2) is 50.8 Å². The summed E-state index contributed by atoms with van der Waals surface area (Å²) in [6, 6.07) is 9.85. The minimum Gasteiger partial charge on any atom is -0.490 e. The Morgan fingerprint density at radius 2 is 2.00 bits per heavy atom. The van der Waals surface area contributed by atoms with E-state index >= 15 is 0 Å². The Labute approximate surface area is 167 Å². The molecule has 0 aromatic heterocycles. The fourth-order valence-electron chi connectivity index (χ4n) is 3.94. The van der Waals surface area contributed by atoms with E-state index in [1.807, 2.05) is 30.3 Å². The van der Waals surface area contributed by atoms with Gasteiger partial charge in [-0.3, -0.25) is 14.6 Å². The molecule has 2 aliphatic carbocycles. The van der Waals surface area contributed by atoms with Gasteiger partial charge in [0.1, 0.15) is 18.2 Å². The number of hydrogen-bond acceptors (Lipinski definition) is 6. The lowest BCUT2D eigenvalue weighted by Gasteiger charge is -2.20. The number of allylic oxidation sites excluding steroid dienone is 4. The molecule has 146 valence electrons. The SMILES string of the molecule is COCCOc1c(C2=NCCN2)cc2ccccc2c1C1=CC(=O)C2=C(C2)C1=O. The topological polar surface area (TPSA) is 77.0 Å². The van der Waals surface area contributed by atoms with Crippen LogP contribution in [0.25, 0.3) is 16.3 Å². The fourth-order valence-corrected chi connectivity index (χ4v) is 3.94. The summed E-state index contributed by atoms with van der Waals surface area (Å²) >= 11 is 0. The average Bonchev–Trinajstić information content (AvgIpc) is 3.37. The number of Topliss-reactive ketones (excluding diaryl/α,β-unsaturated/α-hetero) is 1. The molecule has 1 heterocycles. The van der Waals surface area contributed by atoms with Crippen molar-refractivity contribution in [1.29, 1.82) is 0 Å². The second-order valence-electron chi connectivity index (χ2n) is 7.23. The molecule has 0 fully saturated rings. The predicted molar refractivity (Wildman–Crippen MR) is 110 cm³/mol. The van der Waals surface area contributed by atoms with E-state index < -0.39 is 0 Å². The molecule has 0 saturated heterocycles. The number of ether oxygens (including phenoxy) is 2. The van der Waals surface area contributed by atoms with Gasteiger partial charge in [0.05, 0.1) is 18.7 Å². The van der Waals surface area contributed by atoms with Crippen LogP contribution in [0.4, 0.5) is 0 Å². The number of hydrogen-bond donors (Lipinski definition) is 1. The number of nitrogens with zero attached hydrogens (tertiary/aromatic N) is 1. The van der Waals surface area contributed by atoms with E-state index in [9.17, 15) is 9.59 Å². The molecule has 29 heavy (non-hydrogen) atoms. The number of methoxy groups -OCH3 is 1. The van der Waals surface area contributed by atoms with E-state index in [2.05, 4.69) is 10.3 Å². The second-order valence-corrected chi connectivity index (χ2v) is 7.23. The van der Waals surface area contributed by atoms with Crippen molar-refractivity contribution in [3.63, 3.8) is 0 Å². The molecule has 3 aliphatic rings. The Kier molecular flexibility index (Phi) is 4.28. The lowest BCUT2D eigenvalue weighted by Crippen LogP contribution is -2.22. The Morgan fingerprint density at radius 3 is 2.79 bits per heavy atom. The first-order valence-corrected chi connectivity index (χ1v) is 9.68. The summed E-state index contributed by atoms with van der Waals surface area (Å²) in [5, 5.41) is 5.13. The zero-order chi connectivity index (χ0) is 20.0. The molecule has 0 atom stereocenters. The molecule has 0 spiro atoms. The maximum atomic E-state index is 13.1. The van der Waals surface area contributed by atoms with Gasteiger partial charge in [0.15, 0.2) is 11.6 Å². The highest BCUT2D eigenvalue weighted by Crippen LogP contribution is 2.45. The third-order valence-electron chi connectivity index (χ3n) is 5.42. The first-order chi connectivity index (χ1) is 14.2. The molecule has 2 aromatic rings. The van der Waals surface area contributed by atoms with Crippen LogP contribution < -0.4 is 10.1 Å². The molecule has 0 bridgehead atoms. The van der Waals surface area contributed by atoms with Gasteiger partial charge >= 0.3 is 0 Å². The Bertz CT molecular complexity index is 1160. The van der Waals surface area contributed by atoms with Gasteiger partial charge in [-0.15, -0.1) is 0 Å². The molecule has 5 rings (SSSR count). The normalized spacial score (nSPS) is 17.8. The molecular formula is C23H20N2O4. The van der Waals surface area contributed by atoms with Gasteiger partial charge in [-0.25, -0.2) is 0 Å². The standard InChI is InChI=1S/C23H20N2O4/c1-28-8-9-29-22-18(23-24-6-7-25-23)10-13-4-2-3-5-14(13)20(22)17-12-19(26)15-11-16(15)21(17)27/h2-5,10,12H,6-9,11H2,1H3,(H,24,25). The molecule has 6 heteroatoms. The maximum absolute atomic E-state index is 13.1. The summed E-state index contributed by atoms with van der Waals surface area (Å²) in [6.45, 7) is 2.18. The number of amidine groups is 1. The highest BCUT2D eigenvalue weighted by molar-refractivity contribution is 6.42. The van der Waals surface area contributed by atoms with Crippen LogP contribution in [0.5, 0.6) is 5.75 Å². The van der Waals surface area contributed by atoms with Crippen molar-refractivity contribution in [2.24, 2.45) is 4.99 Å². The molecule has 2 aromatic carbocycles. The number of rotatable bonds is 6. The molecule has 6 nitrogen and oxygen atoms in total. The first kappa shape index (κ1) is 17.8. The summed E-state index contributed by atoms with van der Waals surface area (Å²) in [4.78, 5) is 30.1. The number of carbonyl (C=O) groups is 2. The third-order valence-corrected chi connectivity index (χ3v) is 5.42. The molecule has 1 N–H and O–H groups in total. The van der Waals surface area contributed by atoms with Crippen molar-refractivity contribution in [3.05, 3.63) is 58.7 Å². The number of nitrogens with one attached hydrogen (secondary N) is 1. The van der Waals surface area contributed by atoms with Crippen molar-refractivity contribution >= 4 is 33.7 Å². The molecule has 0 unspecified atom stereocenters. The summed E-state index contributed by atoms with van der Waals surface area (Å²) < 4.78 is 11.3. The highest BCUT2D eigenvalue weighted by atomic mass is 16.5. The third kappa shape index (κ3) is 2.96. The van der Waals surface area contributed by atoms with Crippen LogP contribution >= 0.6 is 0 Å². The van der Waals surface area contributed by atoms with E-state index in [1.54, 1.807) is 7.11 Å². The van der Waals surface area contributed by atoms with Gasteiger partial charge in [-0.05, 0) is 22.9 Å². The van der Waals surface area contributed by atoms with Gasteiger partial charge in [0.25, 0.3) is 0 Å². The number of ketones is 2. The summed E-state index contributed by atoms with van der Waals surface area (Å²) in [5.41, 5.74) is 3.12. The van der Waals surface area contributed by atoms with Crippen molar-refractivity contribution in [1.82, 2.24) is 5.32 Å². The van der Waals surface area contributed by atoms with E-state index in [4.69, 9.17) is 9.47 Å². The van der Waals surface area contributed by atoms with Crippen molar-refractivity contribution in [2.75, 3.05) is 33.4 Å². The van der Waals surface area contributed by atoms with Crippen molar-refractivity contribution < 1.29 is 19.1 Å². The summed E-state index contributed by atoms with van der Waals surface area (Å²) in [5.74, 6) is 1.14. The summed E-state index contributed by atoms with van der Waals surface area (Å²) in [6.07, 6.45) is 1.95. The van der Waals surface area contributed by atoms with Gasteiger partial charge in [0.2, 0.25) is 0 Å². The second kappa shape index (κ2) is 6.97. The van der Waals surface area contributed by atoms with Gasteiger partial charge in [-0.2, -0.15) is 0 Å². The lowest BCUT2D eigenvalue weighted by atomic mass is 9.89. The van der Waals surface area contributed by atoms with E-state index in [-0.39, 0.29) is 11.6 Å². The van der Waals surface area contributed by atoms with Gasteiger partial charge < -0.3 is 14.8 Å². The van der Waals surface area contributed by atoms with Crippen LogP contribution in [0.1, 0.15) is 17.5 Å². The van der Waals surface area contributed by atoms with Crippen LogP contribution in [0.2, 0.25) is 0 Å². The fraction of sp³-hybridized carbons (Fsp3) is 0.261. The van der Waals surface area contributed by atoms with Crippen LogP contribution in [0.3, 0.4) is 0 Å². The summed E-state index contributed by atoms with van der Waals surface area (Å²) in [7, 11) is 1.61. The smallest absolute Gasteiger partial charge is 0.190 e. The number of fused-ring (bicyclic) bond motifs is 1. The van der Waals surface area contributed by atoms with E-state index in [0.717, 1.165) is 28.7 Å². The average molecular weight is 388 g/mol. The zero-order valence-electron chi connectivity index (χ0n) is 16.1. The monoisotopic (exact) mass is 388 g/mol. The predicted octanol–water partition coefficient (Wildman–Crippen LogP) is 2.45. The molecule has 0 amide bonds. The first-order valence-electron chi connectivity index (χ1n) is 9.68. The molecule has 0 radical (unpaired) electrons. The van der Waals surface area contributed by atoms with Crippen LogP contribution in [0.15, 0.2) is 52.5 Å². The number of aliphatic imine (C=N–C) groups is 1. The maximum Gasteiger partial charge on any atom is 0.190 e. The minimum absolute atomic E-state index is 0.0803. The number of carbonyl (C=O) groups excluding carboxylic acids is 2. The van der Waals surface area contributed by atoms with Crippen LogP contribution in [0, 0.1) is 0 Å². The van der Waals surface area contributed by atoms with Crippen molar-refractivity contribution in [3.8, 4) is 5.75 Å². The molecule has 0 saturated carbocycles. The zero-order valence-corrected chi connectivity index (χ0v) is 16.1. The van der Waals surface area contributed by atoms with E-state index in [0.29, 0.717) is 54.2 Å². The van der Waals surface area contributed by atoms with Gasteiger partial charge in [-0.1, -0.05) is 24.3 Å². The highest BCUT2D eigenvalue weighted by Gasteiger charge is 2.40. The minimum atomic E-state index is -0.0835.